The highest BCUT2D eigenvalue weighted by Gasteiger charge is 2.21. The third kappa shape index (κ3) is 4.11. The van der Waals surface area contributed by atoms with Gasteiger partial charge in [-0.15, -0.1) is 22.7 Å². The highest BCUT2D eigenvalue weighted by Crippen LogP contribution is 2.30. The minimum atomic E-state index is -0.0236. The van der Waals surface area contributed by atoms with E-state index in [-0.39, 0.29) is 12.1 Å². The number of nitrogens with zero attached hydrogens (tertiary/aromatic N) is 1. The van der Waals surface area contributed by atoms with E-state index in [9.17, 15) is 0 Å². The van der Waals surface area contributed by atoms with Crippen LogP contribution in [0.1, 0.15) is 34.9 Å². The minimum Gasteiger partial charge on any atom is -0.371 e. The van der Waals surface area contributed by atoms with E-state index in [1.54, 1.807) is 22.7 Å². The van der Waals surface area contributed by atoms with Gasteiger partial charge in [-0.3, -0.25) is 0 Å². The molecule has 2 N–H and O–H groups in total. The Morgan fingerprint density at radius 1 is 1.45 bits per heavy atom. The van der Waals surface area contributed by atoms with Crippen molar-refractivity contribution in [3.8, 4) is 0 Å². The normalized spacial score (nSPS) is 14.4. The summed E-state index contributed by atoms with van der Waals surface area (Å²) in [6, 6.07) is 2.13. The molecule has 0 amide bonds. The lowest BCUT2D eigenvalue weighted by Gasteiger charge is -2.22. The lowest BCUT2D eigenvalue weighted by molar-refractivity contribution is 0.0381. The van der Waals surface area contributed by atoms with Crippen molar-refractivity contribution in [3.63, 3.8) is 0 Å². The summed E-state index contributed by atoms with van der Waals surface area (Å²) < 4.78 is 7.16. The number of thiophene rings is 1. The molecule has 2 rings (SSSR count). The van der Waals surface area contributed by atoms with Crippen molar-refractivity contribution in [2.24, 2.45) is 5.73 Å². The van der Waals surface area contributed by atoms with Crippen molar-refractivity contribution >= 4 is 38.6 Å². The first kappa shape index (κ1) is 16.1. The van der Waals surface area contributed by atoms with E-state index >= 15 is 0 Å². The van der Waals surface area contributed by atoms with E-state index in [1.807, 2.05) is 12.4 Å². The molecule has 0 spiro atoms. The molecular weight excluding hydrogens is 356 g/mol. The van der Waals surface area contributed by atoms with Crippen LogP contribution in [0.4, 0.5) is 0 Å². The molecule has 0 aliphatic rings. The molecule has 0 bridgehead atoms. The monoisotopic (exact) mass is 374 g/mol. The zero-order valence-corrected chi connectivity index (χ0v) is 14.9. The summed E-state index contributed by atoms with van der Waals surface area (Å²) in [6.45, 7) is 4.81. The first-order valence-electron chi connectivity index (χ1n) is 6.62. The number of aryl methyl sites for hydroxylation is 1. The Kier molecular flexibility index (Phi) is 6.17. The third-order valence-electron chi connectivity index (χ3n) is 3.20. The maximum absolute atomic E-state index is 6.20. The van der Waals surface area contributed by atoms with Gasteiger partial charge in [0.05, 0.1) is 17.8 Å². The number of hydrogen-bond donors (Lipinski definition) is 1. The lowest BCUT2D eigenvalue weighted by Crippen LogP contribution is -2.29. The van der Waals surface area contributed by atoms with Crippen molar-refractivity contribution in [1.29, 1.82) is 0 Å². The second-order valence-electron chi connectivity index (χ2n) is 4.64. The molecule has 110 valence electrons. The van der Waals surface area contributed by atoms with E-state index in [2.05, 4.69) is 39.3 Å². The molecule has 0 saturated carbocycles. The van der Waals surface area contributed by atoms with Crippen LogP contribution in [0.15, 0.2) is 21.4 Å². The van der Waals surface area contributed by atoms with E-state index in [0.29, 0.717) is 6.61 Å². The highest BCUT2D eigenvalue weighted by molar-refractivity contribution is 9.10. The SMILES string of the molecule is CCC(N)C(OCCc1scnc1C)c1cc(Br)cs1. The van der Waals surface area contributed by atoms with Gasteiger partial charge in [-0.1, -0.05) is 6.92 Å². The largest absolute Gasteiger partial charge is 0.371 e. The minimum absolute atomic E-state index is 0.0236. The molecule has 2 unspecified atom stereocenters. The smallest absolute Gasteiger partial charge is 0.107 e. The van der Waals surface area contributed by atoms with Crippen molar-refractivity contribution in [1.82, 2.24) is 4.98 Å². The molecule has 0 aliphatic heterocycles. The van der Waals surface area contributed by atoms with Crippen LogP contribution in [0.25, 0.3) is 0 Å². The van der Waals surface area contributed by atoms with Crippen LogP contribution >= 0.6 is 38.6 Å². The molecule has 0 fully saturated rings. The molecule has 2 heterocycles. The van der Waals surface area contributed by atoms with Crippen LogP contribution in [0, 0.1) is 6.92 Å². The van der Waals surface area contributed by atoms with Crippen LogP contribution in [0.5, 0.6) is 0 Å². The number of rotatable bonds is 7. The molecule has 20 heavy (non-hydrogen) atoms. The predicted octanol–water partition coefficient (Wildman–Crippen LogP) is 4.31. The summed E-state index contributed by atoms with van der Waals surface area (Å²) in [5.41, 5.74) is 9.20. The summed E-state index contributed by atoms with van der Waals surface area (Å²) in [7, 11) is 0. The molecule has 2 aromatic rings. The van der Waals surface area contributed by atoms with Crippen LogP contribution in [-0.4, -0.2) is 17.6 Å². The second-order valence-corrected chi connectivity index (χ2v) is 7.44. The van der Waals surface area contributed by atoms with Crippen LogP contribution in [0.2, 0.25) is 0 Å². The number of thiazole rings is 1. The third-order valence-corrected chi connectivity index (χ3v) is 5.95. The Bertz CT molecular complexity index is 541. The van der Waals surface area contributed by atoms with Gasteiger partial charge in [0.1, 0.15) is 6.10 Å². The van der Waals surface area contributed by atoms with Gasteiger partial charge in [-0.05, 0) is 35.3 Å². The van der Waals surface area contributed by atoms with Crippen molar-refractivity contribution in [2.45, 2.75) is 38.8 Å². The fourth-order valence-electron chi connectivity index (χ4n) is 1.95. The van der Waals surface area contributed by atoms with Crippen molar-refractivity contribution < 1.29 is 4.74 Å². The maximum atomic E-state index is 6.20. The molecule has 6 heteroatoms. The molecular formula is C14H19BrN2OS2. The standard InChI is InChI=1S/C14H19BrN2OS2/c1-3-11(16)14(13-6-10(15)7-19-13)18-5-4-12-9(2)17-8-20-12/h6-8,11,14H,3-5,16H2,1-2H3. The Morgan fingerprint density at radius 3 is 2.80 bits per heavy atom. The van der Waals surface area contributed by atoms with Gasteiger partial charge in [0, 0.05) is 32.1 Å². The Labute approximate surface area is 136 Å². The number of hydrogen-bond acceptors (Lipinski definition) is 5. The fraction of sp³-hybridized carbons (Fsp3) is 0.500. The quantitative estimate of drug-likeness (QED) is 0.784. The van der Waals surface area contributed by atoms with Gasteiger partial charge >= 0.3 is 0 Å². The van der Waals surface area contributed by atoms with Gasteiger partial charge in [-0.2, -0.15) is 0 Å². The number of halogens is 1. The maximum Gasteiger partial charge on any atom is 0.107 e. The summed E-state index contributed by atoms with van der Waals surface area (Å²) >= 11 is 6.87. The van der Waals surface area contributed by atoms with Crippen LogP contribution in [0.3, 0.4) is 0 Å². The predicted molar refractivity (Wildman–Crippen MR) is 89.5 cm³/mol. The number of ether oxygens (including phenoxy) is 1. The van der Waals surface area contributed by atoms with Gasteiger partial charge in [-0.25, -0.2) is 4.98 Å². The Balaban J connectivity index is 1.96. The Hall–Kier alpha value is -0.270. The van der Waals surface area contributed by atoms with Gasteiger partial charge in [0.2, 0.25) is 0 Å². The van der Waals surface area contributed by atoms with Gasteiger partial charge in [0.15, 0.2) is 0 Å². The second kappa shape index (κ2) is 7.66. The van der Waals surface area contributed by atoms with E-state index < -0.39 is 0 Å². The van der Waals surface area contributed by atoms with Crippen LogP contribution in [-0.2, 0) is 11.2 Å². The highest BCUT2D eigenvalue weighted by atomic mass is 79.9. The zero-order chi connectivity index (χ0) is 14.5. The van der Waals surface area contributed by atoms with E-state index in [4.69, 9.17) is 10.5 Å². The summed E-state index contributed by atoms with van der Waals surface area (Å²) in [5, 5.41) is 2.07. The number of nitrogens with two attached hydrogens (primary N) is 1. The zero-order valence-electron chi connectivity index (χ0n) is 11.6. The molecule has 0 saturated heterocycles. The lowest BCUT2D eigenvalue weighted by atomic mass is 10.1. The molecule has 2 atom stereocenters. The average Bonchev–Trinajstić information content (AvgIpc) is 3.03. The molecule has 0 aromatic carbocycles. The first-order valence-corrected chi connectivity index (χ1v) is 9.17. The van der Waals surface area contributed by atoms with Crippen molar-refractivity contribution in [2.75, 3.05) is 6.61 Å². The first-order chi connectivity index (χ1) is 9.61. The summed E-state index contributed by atoms with van der Waals surface area (Å²) in [5.74, 6) is 0. The molecule has 0 aliphatic carbocycles. The van der Waals surface area contributed by atoms with Crippen LogP contribution < -0.4 is 5.73 Å². The fourth-order valence-corrected chi connectivity index (χ4v) is 4.28. The van der Waals surface area contributed by atoms with Gasteiger partial charge in [0.25, 0.3) is 0 Å². The molecule has 3 nitrogen and oxygen atoms in total. The van der Waals surface area contributed by atoms with E-state index in [0.717, 1.165) is 23.0 Å². The average molecular weight is 375 g/mol. The van der Waals surface area contributed by atoms with Gasteiger partial charge < -0.3 is 10.5 Å². The Morgan fingerprint density at radius 2 is 2.25 bits per heavy atom. The topological polar surface area (TPSA) is 48.1 Å². The molecule has 0 radical (unpaired) electrons. The molecule has 2 aromatic heterocycles. The number of aromatic nitrogens is 1. The summed E-state index contributed by atoms with van der Waals surface area (Å²) in [6.07, 6.45) is 1.78. The van der Waals surface area contributed by atoms with Crippen molar-refractivity contribution in [3.05, 3.63) is 36.9 Å². The van der Waals surface area contributed by atoms with E-state index in [1.165, 1.54) is 9.75 Å². The summed E-state index contributed by atoms with van der Waals surface area (Å²) in [4.78, 5) is 6.74.